The fourth-order valence-electron chi connectivity index (χ4n) is 4.09. The van der Waals surface area contributed by atoms with Crippen molar-refractivity contribution < 1.29 is 18.6 Å². The van der Waals surface area contributed by atoms with Crippen molar-refractivity contribution in [2.45, 2.75) is 44.2 Å². The van der Waals surface area contributed by atoms with Crippen molar-refractivity contribution in [2.24, 2.45) is 0 Å². The highest BCUT2D eigenvalue weighted by molar-refractivity contribution is 8.24. The van der Waals surface area contributed by atoms with E-state index in [0.717, 1.165) is 16.9 Å². The van der Waals surface area contributed by atoms with Crippen LogP contribution in [0.4, 0.5) is 16.3 Å². The Morgan fingerprint density at radius 2 is 2.00 bits per heavy atom. The third kappa shape index (κ3) is 4.03. The highest BCUT2D eigenvalue weighted by Gasteiger charge is 2.48. The standard InChI is InChI=1S/C22H31N5O4S/c1-5-23-21(28)24-16-8-6-15(7-9-16)19-25-18-17(13-32(29,30)22(18,3)4)20(26-19)27-10-11-31-12-14(27)2/h6-9,14,29-30H,5,10-13H2,1-4H3,(H2,23,24,28)/t14-/m1/s1. The molecule has 0 aliphatic carbocycles. The molecular weight excluding hydrogens is 430 g/mol. The Morgan fingerprint density at radius 1 is 1.28 bits per heavy atom. The summed E-state index contributed by atoms with van der Waals surface area (Å²) in [5.74, 6) is 1.42. The smallest absolute Gasteiger partial charge is 0.319 e. The van der Waals surface area contributed by atoms with Crippen molar-refractivity contribution in [2.75, 3.05) is 36.5 Å². The molecule has 2 amide bonds. The number of hydrogen-bond acceptors (Lipinski definition) is 7. The number of urea groups is 1. The molecule has 0 unspecified atom stereocenters. The van der Waals surface area contributed by atoms with Crippen molar-refractivity contribution in [3.63, 3.8) is 0 Å². The molecule has 0 radical (unpaired) electrons. The number of carbonyl (C=O) groups excluding carboxylic acids is 1. The number of nitrogens with one attached hydrogen (secondary N) is 2. The molecule has 4 N–H and O–H groups in total. The number of carbonyl (C=O) groups is 1. The first-order valence-corrected chi connectivity index (χ1v) is 12.5. The maximum Gasteiger partial charge on any atom is 0.319 e. The number of rotatable bonds is 4. The predicted octanol–water partition coefficient (Wildman–Crippen LogP) is 4.01. The van der Waals surface area contributed by atoms with Crippen LogP contribution in [-0.4, -0.2) is 57.4 Å². The van der Waals surface area contributed by atoms with Gasteiger partial charge in [0.25, 0.3) is 0 Å². The molecule has 3 heterocycles. The van der Waals surface area contributed by atoms with Crippen LogP contribution >= 0.6 is 10.6 Å². The van der Waals surface area contributed by atoms with Crippen LogP contribution in [0, 0.1) is 0 Å². The van der Waals surface area contributed by atoms with Crippen LogP contribution < -0.4 is 15.5 Å². The number of ether oxygens (including phenoxy) is 1. The lowest BCUT2D eigenvalue weighted by Gasteiger charge is -2.40. The van der Waals surface area contributed by atoms with E-state index in [0.29, 0.717) is 43.5 Å². The van der Waals surface area contributed by atoms with E-state index in [-0.39, 0.29) is 17.8 Å². The molecule has 1 aromatic carbocycles. The van der Waals surface area contributed by atoms with Crippen LogP contribution in [0.1, 0.15) is 39.0 Å². The summed E-state index contributed by atoms with van der Waals surface area (Å²) in [7, 11) is -2.90. The minimum Gasteiger partial charge on any atom is -0.377 e. The summed E-state index contributed by atoms with van der Waals surface area (Å²) in [4.78, 5) is 23.6. The lowest BCUT2D eigenvalue weighted by molar-refractivity contribution is 0.0984. The number of hydrogen-bond donors (Lipinski definition) is 4. The topological polar surface area (TPSA) is 120 Å². The van der Waals surface area contributed by atoms with Gasteiger partial charge in [0.1, 0.15) is 5.82 Å². The van der Waals surface area contributed by atoms with E-state index < -0.39 is 15.3 Å². The Balaban J connectivity index is 1.76. The lowest BCUT2D eigenvalue weighted by atomic mass is 10.0. The van der Waals surface area contributed by atoms with Gasteiger partial charge in [-0.05, 0) is 52.0 Å². The van der Waals surface area contributed by atoms with Gasteiger partial charge < -0.3 is 20.3 Å². The van der Waals surface area contributed by atoms with Crippen molar-refractivity contribution in [3.05, 3.63) is 35.5 Å². The van der Waals surface area contributed by atoms with Crippen LogP contribution in [0.25, 0.3) is 11.4 Å². The molecule has 0 spiro atoms. The summed E-state index contributed by atoms with van der Waals surface area (Å²) in [6.45, 7) is 10.0. The van der Waals surface area contributed by atoms with Crippen molar-refractivity contribution in [1.82, 2.24) is 15.3 Å². The summed E-state index contributed by atoms with van der Waals surface area (Å²) in [6, 6.07) is 7.17. The number of anilines is 2. The monoisotopic (exact) mass is 461 g/mol. The highest BCUT2D eigenvalue weighted by atomic mass is 32.3. The maximum atomic E-state index is 11.8. The van der Waals surface area contributed by atoms with Gasteiger partial charge in [0.15, 0.2) is 5.82 Å². The second-order valence-electron chi connectivity index (χ2n) is 8.70. The van der Waals surface area contributed by atoms with Gasteiger partial charge in [-0.25, -0.2) is 14.8 Å². The molecule has 32 heavy (non-hydrogen) atoms. The van der Waals surface area contributed by atoms with Crippen molar-refractivity contribution in [1.29, 1.82) is 0 Å². The Kier molecular flexibility index (Phi) is 6.06. The molecule has 0 saturated carbocycles. The summed E-state index contributed by atoms with van der Waals surface area (Å²) < 4.78 is 26.4. The van der Waals surface area contributed by atoms with E-state index in [9.17, 15) is 13.9 Å². The molecule has 2 aromatic rings. The average Bonchev–Trinajstić information content (AvgIpc) is 2.93. The third-order valence-corrected chi connectivity index (χ3v) is 8.62. The molecule has 174 valence electrons. The first-order valence-electron chi connectivity index (χ1n) is 10.8. The van der Waals surface area contributed by atoms with E-state index in [4.69, 9.17) is 14.7 Å². The summed E-state index contributed by atoms with van der Waals surface area (Å²) in [5, 5.41) is 5.48. The normalized spacial score (nSPS) is 22.2. The number of benzene rings is 1. The molecule has 1 fully saturated rings. The Morgan fingerprint density at radius 3 is 2.66 bits per heavy atom. The lowest BCUT2D eigenvalue weighted by Crippen LogP contribution is -2.44. The van der Waals surface area contributed by atoms with Gasteiger partial charge >= 0.3 is 6.03 Å². The average molecular weight is 462 g/mol. The molecule has 0 bridgehead atoms. The Bertz CT molecular complexity index is 1010. The van der Waals surface area contributed by atoms with E-state index in [1.165, 1.54) is 0 Å². The van der Waals surface area contributed by atoms with Gasteiger partial charge in [-0.15, -0.1) is 0 Å². The second-order valence-corrected chi connectivity index (χ2v) is 11.3. The molecule has 1 atom stereocenters. The second kappa shape index (κ2) is 8.51. The molecular formula is C22H31N5O4S. The molecule has 2 aliphatic heterocycles. The van der Waals surface area contributed by atoms with Crippen LogP contribution in [0.3, 0.4) is 0 Å². The minimum atomic E-state index is -2.90. The molecule has 1 aromatic heterocycles. The van der Waals surface area contributed by atoms with Crippen LogP contribution in [0.5, 0.6) is 0 Å². The number of nitrogens with zero attached hydrogens (tertiary/aromatic N) is 3. The fourth-order valence-corrected chi connectivity index (χ4v) is 5.59. The van der Waals surface area contributed by atoms with Gasteiger partial charge in [0.05, 0.1) is 35.4 Å². The largest absolute Gasteiger partial charge is 0.377 e. The zero-order chi connectivity index (χ0) is 23.1. The quantitative estimate of drug-likeness (QED) is 0.543. The third-order valence-electron chi connectivity index (χ3n) is 6.10. The highest BCUT2D eigenvalue weighted by Crippen LogP contribution is 2.66. The van der Waals surface area contributed by atoms with E-state index in [2.05, 4.69) is 22.5 Å². The van der Waals surface area contributed by atoms with Gasteiger partial charge in [-0.3, -0.25) is 9.11 Å². The maximum absolute atomic E-state index is 11.8. The fraction of sp³-hybridized carbons (Fsp3) is 0.500. The predicted molar refractivity (Wildman–Crippen MR) is 127 cm³/mol. The van der Waals surface area contributed by atoms with Gasteiger partial charge in [0, 0.05) is 29.9 Å². The number of fused-ring (bicyclic) bond motifs is 1. The molecule has 2 aliphatic rings. The number of amides is 2. The molecule has 1 saturated heterocycles. The van der Waals surface area contributed by atoms with E-state index in [1.807, 2.05) is 32.9 Å². The van der Waals surface area contributed by atoms with Gasteiger partial charge in [-0.1, -0.05) is 0 Å². The Labute approximate surface area is 189 Å². The molecule has 4 rings (SSSR count). The SMILES string of the molecule is CCNC(=O)Nc1ccc(-c2nc(N3CCOC[C@H]3C)c3c(n2)C(C)(C)S(O)(O)C3)cc1. The minimum absolute atomic E-state index is 0.116. The zero-order valence-corrected chi connectivity index (χ0v) is 19.7. The zero-order valence-electron chi connectivity index (χ0n) is 18.9. The van der Waals surface area contributed by atoms with Crippen LogP contribution in [-0.2, 0) is 15.2 Å². The molecule has 10 heteroatoms. The first-order chi connectivity index (χ1) is 15.1. The van der Waals surface area contributed by atoms with Crippen LogP contribution in [0.2, 0.25) is 0 Å². The van der Waals surface area contributed by atoms with Crippen molar-refractivity contribution >= 4 is 28.1 Å². The summed E-state index contributed by atoms with van der Waals surface area (Å²) in [5.41, 5.74) is 2.94. The summed E-state index contributed by atoms with van der Waals surface area (Å²) >= 11 is 0. The molecule has 9 nitrogen and oxygen atoms in total. The van der Waals surface area contributed by atoms with Crippen LogP contribution in [0.15, 0.2) is 24.3 Å². The van der Waals surface area contributed by atoms with Crippen molar-refractivity contribution in [3.8, 4) is 11.4 Å². The van der Waals surface area contributed by atoms with Gasteiger partial charge in [-0.2, -0.15) is 10.6 Å². The number of morpholine rings is 1. The Hall–Kier alpha value is -2.40. The first kappa shape index (κ1) is 22.8. The van der Waals surface area contributed by atoms with Gasteiger partial charge in [0.2, 0.25) is 0 Å². The summed E-state index contributed by atoms with van der Waals surface area (Å²) in [6.07, 6.45) is 0. The van der Waals surface area contributed by atoms with E-state index >= 15 is 0 Å². The van der Waals surface area contributed by atoms with E-state index in [1.54, 1.807) is 12.1 Å². The number of aromatic nitrogens is 2.